The van der Waals surface area contributed by atoms with Crippen molar-refractivity contribution < 1.29 is 35.9 Å². The van der Waals surface area contributed by atoms with E-state index in [0.717, 1.165) is 22.0 Å². The molecular weight excluding hydrogens is 497 g/mol. The molecule has 0 aliphatic carbocycles. The SMILES string of the molecule is COc1ccc(NC(=O)[C@H]2Cc3ccccc3CN2S(=O)(=O)c2ccccc2C(F)(F)F)c(OC)c1. The second-order valence-corrected chi connectivity index (χ2v) is 9.95. The monoisotopic (exact) mass is 520 g/mol. The first-order valence-electron chi connectivity index (χ1n) is 10.8. The molecule has 0 fully saturated rings. The molecule has 1 aliphatic heterocycles. The van der Waals surface area contributed by atoms with Gasteiger partial charge in [-0.1, -0.05) is 36.4 Å². The topological polar surface area (TPSA) is 84.9 Å². The Morgan fingerprint density at radius 1 is 0.972 bits per heavy atom. The number of ether oxygens (including phenoxy) is 2. The van der Waals surface area contributed by atoms with Crippen LogP contribution < -0.4 is 14.8 Å². The van der Waals surface area contributed by atoms with E-state index in [-0.39, 0.29) is 24.4 Å². The lowest BCUT2D eigenvalue weighted by molar-refractivity contribution is -0.139. The van der Waals surface area contributed by atoms with E-state index in [9.17, 15) is 26.4 Å². The number of anilines is 1. The number of methoxy groups -OCH3 is 2. The Morgan fingerprint density at radius 2 is 1.64 bits per heavy atom. The molecule has 0 radical (unpaired) electrons. The third kappa shape index (κ3) is 4.89. The number of halogens is 3. The Kier molecular flexibility index (Phi) is 6.96. The van der Waals surface area contributed by atoms with Crippen molar-refractivity contribution in [3.05, 3.63) is 83.4 Å². The maximum atomic E-state index is 13.7. The maximum absolute atomic E-state index is 13.7. The molecule has 0 aromatic heterocycles. The molecular formula is C25H23F3N2O5S. The smallest absolute Gasteiger partial charge is 0.417 e. The van der Waals surface area contributed by atoms with Gasteiger partial charge < -0.3 is 14.8 Å². The van der Waals surface area contributed by atoms with Crippen molar-refractivity contribution >= 4 is 21.6 Å². The van der Waals surface area contributed by atoms with E-state index in [0.29, 0.717) is 17.4 Å². The van der Waals surface area contributed by atoms with E-state index < -0.39 is 38.6 Å². The molecule has 0 spiro atoms. The van der Waals surface area contributed by atoms with Crippen molar-refractivity contribution in [1.82, 2.24) is 4.31 Å². The van der Waals surface area contributed by atoms with Crippen LogP contribution in [0.5, 0.6) is 11.5 Å². The summed E-state index contributed by atoms with van der Waals surface area (Å²) in [5.41, 5.74) is 0.307. The fraction of sp³-hybridized carbons (Fsp3) is 0.240. The molecule has 7 nitrogen and oxygen atoms in total. The molecule has 1 N–H and O–H groups in total. The van der Waals surface area contributed by atoms with Gasteiger partial charge in [-0.15, -0.1) is 0 Å². The standard InChI is InChI=1S/C25H23F3N2O5S/c1-34-18-11-12-20(22(14-18)35-2)29-24(31)21-13-16-7-3-4-8-17(16)15-30(21)36(32,33)23-10-6-5-9-19(23)25(26,27)28/h3-12,14,21H,13,15H2,1-2H3,(H,29,31)/t21-/m1/s1. The van der Waals surface area contributed by atoms with Crippen molar-refractivity contribution in [3.63, 3.8) is 0 Å². The van der Waals surface area contributed by atoms with Gasteiger partial charge in [0.15, 0.2) is 0 Å². The summed E-state index contributed by atoms with van der Waals surface area (Å²) in [6, 6.07) is 14.2. The van der Waals surface area contributed by atoms with Gasteiger partial charge in [-0.3, -0.25) is 4.79 Å². The molecule has 4 rings (SSSR count). The molecule has 3 aromatic carbocycles. The molecule has 1 heterocycles. The summed E-state index contributed by atoms with van der Waals surface area (Å²) in [4.78, 5) is 12.5. The first kappa shape index (κ1) is 25.5. The molecule has 11 heteroatoms. The maximum Gasteiger partial charge on any atom is 0.417 e. The number of hydrogen-bond donors (Lipinski definition) is 1. The number of nitrogens with one attached hydrogen (secondary N) is 1. The molecule has 3 aromatic rings. The molecule has 190 valence electrons. The zero-order valence-corrected chi connectivity index (χ0v) is 20.2. The van der Waals surface area contributed by atoms with Crippen molar-refractivity contribution in [2.24, 2.45) is 0 Å². The summed E-state index contributed by atoms with van der Waals surface area (Å²) < 4.78 is 79.6. The van der Waals surface area contributed by atoms with Crippen molar-refractivity contribution in [3.8, 4) is 11.5 Å². The predicted octanol–water partition coefficient (Wildman–Crippen LogP) is 4.48. The second-order valence-electron chi connectivity index (χ2n) is 8.09. The number of fused-ring (bicyclic) bond motifs is 1. The summed E-state index contributed by atoms with van der Waals surface area (Å²) in [6.07, 6.45) is -4.92. The Morgan fingerprint density at radius 3 is 2.31 bits per heavy atom. The van der Waals surface area contributed by atoms with Crippen molar-refractivity contribution in [2.45, 2.75) is 30.1 Å². The lowest BCUT2D eigenvalue weighted by atomic mass is 9.95. The van der Waals surface area contributed by atoms with Gasteiger partial charge in [0, 0.05) is 12.6 Å². The van der Waals surface area contributed by atoms with Crippen LogP contribution in [0.25, 0.3) is 0 Å². The predicted molar refractivity (Wildman–Crippen MR) is 126 cm³/mol. The quantitative estimate of drug-likeness (QED) is 0.518. The Hall–Kier alpha value is -3.57. The third-order valence-corrected chi connectivity index (χ3v) is 7.87. The fourth-order valence-corrected chi connectivity index (χ4v) is 5.92. The third-order valence-electron chi connectivity index (χ3n) is 5.95. The highest BCUT2D eigenvalue weighted by Crippen LogP contribution is 2.38. The van der Waals surface area contributed by atoms with Crippen LogP contribution in [-0.2, 0) is 34.0 Å². The number of carbonyl (C=O) groups is 1. The average Bonchev–Trinajstić information content (AvgIpc) is 2.87. The van der Waals surface area contributed by atoms with Gasteiger partial charge in [-0.25, -0.2) is 8.42 Å². The van der Waals surface area contributed by atoms with Crippen molar-refractivity contribution in [1.29, 1.82) is 0 Å². The molecule has 1 atom stereocenters. The Balaban J connectivity index is 1.77. The summed E-state index contributed by atoms with van der Waals surface area (Å²) in [5, 5.41) is 2.66. The number of sulfonamides is 1. The normalized spacial score (nSPS) is 16.2. The highest BCUT2D eigenvalue weighted by molar-refractivity contribution is 7.89. The van der Waals surface area contributed by atoms with Crippen LogP contribution in [0.15, 0.2) is 71.6 Å². The fourth-order valence-electron chi connectivity index (χ4n) is 4.14. The summed E-state index contributed by atoms with van der Waals surface area (Å²) in [5.74, 6) is 0.0428. The first-order chi connectivity index (χ1) is 17.1. The minimum Gasteiger partial charge on any atom is -0.497 e. The van der Waals surface area contributed by atoms with Gasteiger partial charge in [0.2, 0.25) is 15.9 Å². The number of rotatable bonds is 6. The van der Waals surface area contributed by atoms with E-state index in [4.69, 9.17) is 9.47 Å². The van der Waals surface area contributed by atoms with Crippen LogP contribution in [0.2, 0.25) is 0 Å². The molecule has 0 bridgehead atoms. The number of carbonyl (C=O) groups excluding carboxylic acids is 1. The van der Waals surface area contributed by atoms with E-state index in [1.54, 1.807) is 36.4 Å². The molecule has 0 saturated carbocycles. The number of alkyl halides is 3. The highest BCUT2D eigenvalue weighted by Gasteiger charge is 2.44. The molecule has 0 saturated heterocycles. The molecule has 36 heavy (non-hydrogen) atoms. The summed E-state index contributed by atoms with van der Waals surface area (Å²) in [7, 11) is -1.87. The largest absolute Gasteiger partial charge is 0.497 e. The van der Waals surface area contributed by atoms with E-state index >= 15 is 0 Å². The number of benzene rings is 3. The van der Waals surface area contributed by atoms with Crippen LogP contribution in [0.1, 0.15) is 16.7 Å². The van der Waals surface area contributed by atoms with Crippen LogP contribution in [0.3, 0.4) is 0 Å². The zero-order valence-electron chi connectivity index (χ0n) is 19.4. The van der Waals surface area contributed by atoms with Crippen LogP contribution in [-0.4, -0.2) is 38.9 Å². The lowest BCUT2D eigenvalue weighted by Gasteiger charge is -2.35. The van der Waals surface area contributed by atoms with E-state index in [1.165, 1.54) is 26.4 Å². The van der Waals surface area contributed by atoms with Crippen molar-refractivity contribution in [2.75, 3.05) is 19.5 Å². The number of nitrogens with zero attached hydrogens (tertiary/aromatic N) is 1. The number of hydrogen-bond acceptors (Lipinski definition) is 5. The first-order valence-corrected chi connectivity index (χ1v) is 12.3. The average molecular weight is 521 g/mol. The Bertz CT molecular complexity index is 1390. The van der Waals surface area contributed by atoms with E-state index in [1.807, 2.05) is 0 Å². The Labute approximate surface area is 206 Å². The minimum atomic E-state index is -4.90. The van der Waals surface area contributed by atoms with Gasteiger partial charge in [-0.05, 0) is 41.8 Å². The van der Waals surface area contributed by atoms with Gasteiger partial charge in [0.25, 0.3) is 0 Å². The van der Waals surface area contributed by atoms with Gasteiger partial charge >= 0.3 is 6.18 Å². The molecule has 1 amide bonds. The van der Waals surface area contributed by atoms with Crippen LogP contribution in [0.4, 0.5) is 18.9 Å². The van der Waals surface area contributed by atoms with Gasteiger partial charge in [0.1, 0.15) is 17.5 Å². The van der Waals surface area contributed by atoms with Gasteiger partial charge in [-0.2, -0.15) is 17.5 Å². The second kappa shape index (κ2) is 9.82. The molecule has 1 aliphatic rings. The molecule has 0 unspecified atom stereocenters. The summed E-state index contributed by atoms with van der Waals surface area (Å²) in [6.45, 7) is -0.261. The van der Waals surface area contributed by atoms with Gasteiger partial charge in [0.05, 0.1) is 30.4 Å². The van der Waals surface area contributed by atoms with Crippen LogP contribution >= 0.6 is 0 Å². The lowest BCUT2D eigenvalue weighted by Crippen LogP contribution is -2.50. The van der Waals surface area contributed by atoms with E-state index in [2.05, 4.69) is 5.32 Å². The zero-order chi connectivity index (χ0) is 26.1. The number of amides is 1. The minimum absolute atomic E-state index is 0.0199. The highest BCUT2D eigenvalue weighted by atomic mass is 32.2. The summed E-state index contributed by atoms with van der Waals surface area (Å²) >= 11 is 0. The van der Waals surface area contributed by atoms with Crippen LogP contribution in [0, 0.1) is 0 Å².